The Labute approximate surface area is 101 Å². The van der Waals surface area contributed by atoms with Crippen molar-refractivity contribution in [2.24, 2.45) is 5.92 Å². The first-order valence-corrected chi connectivity index (χ1v) is 6.81. The summed E-state index contributed by atoms with van der Waals surface area (Å²) in [4.78, 5) is 0. The second-order valence-corrected chi connectivity index (χ2v) is 5.71. The van der Waals surface area contributed by atoms with Crippen LogP contribution in [0.1, 0.15) is 66.7 Å². The van der Waals surface area contributed by atoms with E-state index in [4.69, 9.17) is 9.47 Å². The van der Waals surface area contributed by atoms with Crippen molar-refractivity contribution in [1.82, 2.24) is 0 Å². The van der Waals surface area contributed by atoms with Gasteiger partial charge < -0.3 is 9.47 Å². The number of hydrogen-bond acceptors (Lipinski definition) is 2. The maximum atomic E-state index is 6.07. The second-order valence-electron chi connectivity index (χ2n) is 5.71. The summed E-state index contributed by atoms with van der Waals surface area (Å²) in [6.45, 7) is 11.0. The van der Waals surface area contributed by atoms with Crippen LogP contribution < -0.4 is 0 Å². The van der Waals surface area contributed by atoms with Gasteiger partial charge in [0, 0.05) is 12.3 Å². The van der Waals surface area contributed by atoms with Crippen LogP contribution in [0.2, 0.25) is 0 Å². The number of rotatable bonds is 5. The minimum absolute atomic E-state index is 0.00954. The summed E-state index contributed by atoms with van der Waals surface area (Å²) in [5, 5.41) is 0. The molecule has 0 radical (unpaired) electrons. The lowest BCUT2D eigenvalue weighted by Gasteiger charge is -2.42. The van der Waals surface area contributed by atoms with Crippen molar-refractivity contribution in [2.45, 2.75) is 84.7 Å². The molecule has 0 aromatic rings. The third kappa shape index (κ3) is 4.06. The molecule has 1 heterocycles. The van der Waals surface area contributed by atoms with E-state index in [9.17, 15) is 0 Å². The zero-order valence-corrected chi connectivity index (χ0v) is 11.6. The molecule has 3 unspecified atom stereocenters. The predicted molar refractivity (Wildman–Crippen MR) is 67.4 cm³/mol. The molecular weight excluding hydrogens is 200 g/mol. The van der Waals surface area contributed by atoms with E-state index in [2.05, 4.69) is 34.6 Å². The van der Waals surface area contributed by atoms with Crippen LogP contribution in [0.15, 0.2) is 0 Å². The second kappa shape index (κ2) is 6.02. The minimum atomic E-state index is -0.0258. The van der Waals surface area contributed by atoms with Crippen LogP contribution >= 0.6 is 0 Å². The molecule has 0 aliphatic carbocycles. The summed E-state index contributed by atoms with van der Waals surface area (Å²) in [6, 6.07) is 0. The van der Waals surface area contributed by atoms with Gasteiger partial charge in [0.1, 0.15) is 0 Å². The van der Waals surface area contributed by atoms with Gasteiger partial charge >= 0.3 is 0 Å². The van der Waals surface area contributed by atoms with Gasteiger partial charge in [0.15, 0.2) is 6.29 Å². The molecule has 0 saturated carbocycles. The number of unbranched alkanes of at least 4 members (excludes halogenated alkanes) is 1. The Bertz CT molecular complexity index is 201. The third-order valence-corrected chi connectivity index (χ3v) is 3.42. The van der Waals surface area contributed by atoms with Crippen molar-refractivity contribution in [1.29, 1.82) is 0 Å². The summed E-state index contributed by atoms with van der Waals surface area (Å²) >= 11 is 0. The fourth-order valence-electron chi connectivity index (χ4n) is 2.57. The van der Waals surface area contributed by atoms with Gasteiger partial charge in [-0.05, 0) is 33.6 Å². The van der Waals surface area contributed by atoms with Gasteiger partial charge in [-0.1, -0.05) is 26.7 Å². The molecule has 1 aliphatic rings. The lowest BCUT2D eigenvalue weighted by atomic mass is 9.94. The molecule has 1 rings (SSSR count). The van der Waals surface area contributed by atoms with Crippen molar-refractivity contribution in [3.05, 3.63) is 0 Å². The Morgan fingerprint density at radius 2 is 2.00 bits per heavy atom. The highest BCUT2D eigenvalue weighted by Crippen LogP contribution is 2.33. The third-order valence-electron chi connectivity index (χ3n) is 3.42. The first-order valence-electron chi connectivity index (χ1n) is 6.81. The van der Waals surface area contributed by atoms with Gasteiger partial charge in [-0.2, -0.15) is 0 Å². The zero-order valence-electron chi connectivity index (χ0n) is 11.6. The standard InChI is InChI=1S/C14H28O2/c1-6-8-9-12(7-2)13-15-11(3)10-14(4,5)16-13/h11-13H,6-10H2,1-5H3. The normalized spacial score (nSPS) is 31.3. The van der Waals surface area contributed by atoms with Gasteiger partial charge in [0.2, 0.25) is 0 Å². The summed E-state index contributed by atoms with van der Waals surface area (Å²) in [5.41, 5.74) is -0.0258. The average molecular weight is 228 g/mol. The Morgan fingerprint density at radius 3 is 2.50 bits per heavy atom. The van der Waals surface area contributed by atoms with E-state index in [1.807, 2.05) is 0 Å². The largest absolute Gasteiger partial charge is 0.349 e. The maximum Gasteiger partial charge on any atom is 0.161 e. The fourth-order valence-corrected chi connectivity index (χ4v) is 2.57. The van der Waals surface area contributed by atoms with E-state index in [0.717, 1.165) is 12.8 Å². The Morgan fingerprint density at radius 1 is 1.31 bits per heavy atom. The Kier molecular flexibility index (Phi) is 5.26. The van der Waals surface area contributed by atoms with Crippen molar-refractivity contribution in [3.63, 3.8) is 0 Å². The molecule has 0 bridgehead atoms. The van der Waals surface area contributed by atoms with Crippen molar-refractivity contribution in [2.75, 3.05) is 0 Å². The van der Waals surface area contributed by atoms with E-state index < -0.39 is 0 Å². The molecule has 1 fully saturated rings. The lowest BCUT2D eigenvalue weighted by molar-refractivity contribution is -0.288. The summed E-state index contributed by atoms with van der Waals surface area (Å²) in [5.74, 6) is 0.557. The topological polar surface area (TPSA) is 18.5 Å². The molecular formula is C14H28O2. The van der Waals surface area contributed by atoms with Gasteiger partial charge in [0.25, 0.3) is 0 Å². The molecule has 1 aliphatic heterocycles. The van der Waals surface area contributed by atoms with E-state index >= 15 is 0 Å². The Hall–Kier alpha value is -0.0800. The molecule has 96 valence electrons. The van der Waals surface area contributed by atoms with E-state index in [0.29, 0.717) is 12.0 Å². The minimum Gasteiger partial charge on any atom is -0.349 e. The van der Waals surface area contributed by atoms with E-state index in [1.54, 1.807) is 0 Å². The van der Waals surface area contributed by atoms with Gasteiger partial charge in [-0.15, -0.1) is 0 Å². The molecule has 1 saturated heterocycles. The summed E-state index contributed by atoms with van der Waals surface area (Å²) in [6.07, 6.45) is 6.22. The molecule has 2 nitrogen and oxygen atoms in total. The molecule has 2 heteroatoms. The smallest absolute Gasteiger partial charge is 0.161 e. The number of hydrogen-bond donors (Lipinski definition) is 0. The van der Waals surface area contributed by atoms with Crippen LogP contribution in [0.3, 0.4) is 0 Å². The quantitative estimate of drug-likeness (QED) is 0.704. The summed E-state index contributed by atoms with van der Waals surface area (Å²) < 4.78 is 12.0. The first kappa shape index (κ1) is 14.0. The van der Waals surface area contributed by atoms with Crippen LogP contribution in [0.5, 0.6) is 0 Å². The SMILES string of the molecule is CCCCC(CC)C1OC(C)CC(C)(C)O1. The van der Waals surface area contributed by atoms with Gasteiger partial charge in [-0.25, -0.2) is 0 Å². The van der Waals surface area contributed by atoms with Crippen LogP contribution in [0.4, 0.5) is 0 Å². The van der Waals surface area contributed by atoms with Gasteiger partial charge in [0.05, 0.1) is 11.7 Å². The van der Waals surface area contributed by atoms with E-state index in [-0.39, 0.29) is 11.9 Å². The van der Waals surface area contributed by atoms with Crippen LogP contribution in [-0.4, -0.2) is 18.0 Å². The molecule has 16 heavy (non-hydrogen) atoms. The molecule has 3 atom stereocenters. The average Bonchev–Trinajstić information content (AvgIpc) is 2.15. The monoisotopic (exact) mass is 228 g/mol. The molecule has 0 aromatic carbocycles. The molecule has 0 amide bonds. The molecule has 0 N–H and O–H groups in total. The van der Waals surface area contributed by atoms with E-state index in [1.165, 1.54) is 19.3 Å². The Balaban J connectivity index is 2.55. The lowest BCUT2D eigenvalue weighted by Crippen LogP contribution is -2.46. The van der Waals surface area contributed by atoms with Crippen LogP contribution in [0.25, 0.3) is 0 Å². The maximum absolute atomic E-state index is 6.07. The van der Waals surface area contributed by atoms with Crippen molar-refractivity contribution >= 4 is 0 Å². The van der Waals surface area contributed by atoms with Crippen molar-refractivity contribution < 1.29 is 9.47 Å². The number of ether oxygens (including phenoxy) is 2. The highest BCUT2D eigenvalue weighted by atomic mass is 16.7. The zero-order chi connectivity index (χ0) is 12.2. The van der Waals surface area contributed by atoms with Gasteiger partial charge in [-0.3, -0.25) is 0 Å². The van der Waals surface area contributed by atoms with Crippen LogP contribution in [0, 0.1) is 5.92 Å². The molecule has 0 spiro atoms. The highest BCUT2D eigenvalue weighted by Gasteiger charge is 2.36. The van der Waals surface area contributed by atoms with Crippen LogP contribution in [-0.2, 0) is 9.47 Å². The highest BCUT2D eigenvalue weighted by molar-refractivity contribution is 4.79. The first-order chi connectivity index (χ1) is 7.48. The fraction of sp³-hybridized carbons (Fsp3) is 1.00. The van der Waals surface area contributed by atoms with Crippen molar-refractivity contribution in [3.8, 4) is 0 Å². The molecule has 0 aromatic heterocycles. The predicted octanol–water partition coefficient (Wildman–Crippen LogP) is 4.13. The summed E-state index contributed by atoms with van der Waals surface area (Å²) in [7, 11) is 0.